The number of methoxy groups -OCH3 is 1. The molecule has 0 radical (unpaired) electrons. The van der Waals surface area contributed by atoms with Gasteiger partial charge in [-0.05, 0) is 44.4 Å². The third-order valence-electron chi connectivity index (χ3n) is 3.56. The summed E-state index contributed by atoms with van der Waals surface area (Å²) in [4.78, 5) is 4.53. The van der Waals surface area contributed by atoms with Gasteiger partial charge >= 0.3 is 0 Å². The second-order valence-electron chi connectivity index (χ2n) is 5.93. The first kappa shape index (κ1) is 25.3. The summed E-state index contributed by atoms with van der Waals surface area (Å²) < 4.78 is 27.7. The van der Waals surface area contributed by atoms with Crippen LogP contribution in [0.2, 0.25) is 5.02 Å². The molecule has 1 aromatic rings. The molecule has 0 amide bonds. The first-order chi connectivity index (χ1) is 11.7. The topological polar surface area (TPSA) is 79.8 Å². The molecule has 2 N–H and O–H groups in total. The molecule has 0 aliphatic heterocycles. The van der Waals surface area contributed by atoms with E-state index < -0.39 is 9.84 Å². The lowest BCUT2D eigenvalue weighted by molar-refractivity contribution is 0.414. The molecule has 1 atom stereocenters. The number of benzene rings is 1. The number of nitrogens with zero attached hydrogens (tertiary/aromatic N) is 1. The molecule has 6 nitrogen and oxygen atoms in total. The van der Waals surface area contributed by atoms with E-state index in [-0.39, 0.29) is 35.8 Å². The fourth-order valence-corrected chi connectivity index (χ4v) is 3.21. The molecule has 0 spiro atoms. The van der Waals surface area contributed by atoms with Gasteiger partial charge in [-0.25, -0.2) is 8.42 Å². The maximum atomic E-state index is 11.3. The zero-order chi connectivity index (χ0) is 18.9. The molecule has 1 aromatic carbocycles. The summed E-state index contributed by atoms with van der Waals surface area (Å²) in [6.45, 7) is 5.23. The summed E-state index contributed by atoms with van der Waals surface area (Å²) in [5.41, 5.74) is 1.01. The van der Waals surface area contributed by atoms with Crippen LogP contribution in [0.15, 0.2) is 23.2 Å². The Morgan fingerprint density at radius 1 is 1.38 bits per heavy atom. The lowest BCUT2D eigenvalue weighted by Gasteiger charge is -2.17. The van der Waals surface area contributed by atoms with Crippen LogP contribution in [0.4, 0.5) is 0 Å². The Hall–Kier alpha value is -0.740. The van der Waals surface area contributed by atoms with E-state index in [1.165, 1.54) is 6.26 Å². The number of rotatable bonds is 9. The number of hydrogen-bond donors (Lipinski definition) is 2. The largest absolute Gasteiger partial charge is 0.497 e. The summed E-state index contributed by atoms with van der Waals surface area (Å²) in [6.07, 6.45) is 2.49. The molecule has 0 aliphatic rings. The number of nitrogens with one attached hydrogen (secondary N) is 2. The fourth-order valence-electron chi connectivity index (χ4n) is 2.16. The molecule has 26 heavy (non-hydrogen) atoms. The van der Waals surface area contributed by atoms with Crippen molar-refractivity contribution in [3.8, 4) is 5.75 Å². The van der Waals surface area contributed by atoms with Crippen LogP contribution in [0.5, 0.6) is 5.75 Å². The highest BCUT2D eigenvalue weighted by molar-refractivity contribution is 14.0. The minimum atomic E-state index is -2.96. The zero-order valence-corrected chi connectivity index (χ0v) is 19.6. The van der Waals surface area contributed by atoms with Gasteiger partial charge < -0.3 is 15.4 Å². The van der Waals surface area contributed by atoms with E-state index in [0.717, 1.165) is 17.9 Å². The van der Waals surface area contributed by atoms with Crippen LogP contribution in [-0.2, 0) is 16.3 Å². The highest BCUT2D eigenvalue weighted by atomic mass is 127. The average molecular weight is 518 g/mol. The molecule has 1 rings (SSSR count). The quantitative estimate of drug-likeness (QED) is 0.299. The van der Waals surface area contributed by atoms with Crippen molar-refractivity contribution < 1.29 is 13.2 Å². The van der Waals surface area contributed by atoms with Gasteiger partial charge in [-0.2, -0.15) is 0 Å². The first-order valence-corrected chi connectivity index (χ1v) is 10.7. The fraction of sp³-hybridized carbons (Fsp3) is 0.588. The van der Waals surface area contributed by atoms with Gasteiger partial charge in [0.15, 0.2) is 5.96 Å². The predicted octanol–water partition coefficient (Wildman–Crippen LogP) is 2.89. The number of ether oxygens (including phenoxy) is 1. The van der Waals surface area contributed by atoms with Crippen molar-refractivity contribution in [2.45, 2.75) is 32.7 Å². The van der Waals surface area contributed by atoms with Gasteiger partial charge in [-0.1, -0.05) is 17.7 Å². The Bertz CT molecular complexity index is 684. The van der Waals surface area contributed by atoms with Gasteiger partial charge in [0.1, 0.15) is 15.6 Å². The normalized spacial score (nSPS) is 12.9. The number of aliphatic imine (C=N–C) groups is 1. The summed E-state index contributed by atoms with van der Waals surface area (Å²) >= 11 is 6.24. The Morgan fingerprint density at radius 3 is 2.62 bits per heavy atom. The van der Waals surface area contributed by atoms with Gasteiger partial charge in [0.05, 0.1) is 12.9 Å². The molecule has 0 bridgehead atoms. The molecular formula is C17H29ClIN3O3S. The lowest BCUT2D eigenvalue weighted by atomic mass is 10.1. The Morgan fingerprint density at radius 2 is 2.08 bits per heavy atom. The second-order valence-corrected chi connectivity index (χ2v) is 8.60. The molecule has 150 valence electrons. The van der Waals surface area contributed by atoms with E-state index in [1.807, 2.05) is 26.0 Å². The van der Waals surface area contributed by atoms with Crippen molar-refractivity contribution >= 4 is 51.4 Å². The van der Waals surface area contributed by atoms with Crippen LogP contribution in [0.25, 0.3) is 0 Å². The van der Waals surface area contributed by atoms with Crippen molar-refractivity contribution in [1.29, 1.82) is 0 Å². The van der Waals surface area contributed by atoms with E-state index >= 15 is 0 Å². The number of halogens is 2. The second kappa shape index (κ2) is 12.6. The summed E-state index contributed by atoms with van der Waals surface area (Å²) in [5.74, 6) is 1.56. The van der Waals surface area contributed by atoms with Crippen molar-refractivity contribution in [3.63, 3.8) is 0 Å². The highest BCUT2D eigenvalue weighted by Gasteiger charge is 2.09. The van der Waals surface area contributed by atoms with Gasteiger partial charge in [-0.15, -0.1) is 24.0 Å². The monoisotopic (exact) mass is 517 g/mol. The highest BCUT2D eigenvalue weighted by Crippen LogP contribution is 2.22. The van der Waals surface area contributed by atoms with Crippen molar-refractivity contribution in [3.05, 3.63) is 28.8 Å². The maximum absolute atomic E-state index is 11.3. The third kappa shape index (κ3) is 10.4. The lowest BCUT2D eigenvalue weighted by Crippen LogP contribution is -2.43. The van der Waals surface area contributed by atoms with Crippen LogP contribution in [-0.4, -0.2) is 52.6 Å². The predicted molar refractivity (Wildman–Crippen MR) is 120 cm³/mol. The van der Waals surface area contributed by atoms with E-state index in [9.17, 15) is 8.42 Å². The van der Waals surface area contributed by atoms with Crippen LogP contribution >= 0.6 is 35.6 Å². The first-order valence-electron chi connectivity index (χ1n) is 8.30. The molecule has 9 heteroatoms. The SMILES string of the molecule is CCNC(=NCCc1ccc(OC)cc1Cl)NC(C)CCS(C)(=O)=O.I. The van der Waals surface area contributed by atoms with Gasteiger partial charge in [0.2, 0.25) is 0 Å². The van der Waals surface area contributed by atoms with Crippen molar-refractivity contribution in [2.75, 3.05) is 32.2 Å². The van der Waals surface area contributed by atoms with Gasteiger partial charge in [0, 0.05) is 30.4 Å². The van der Waals surface area contributed by atoms with Crippen molar-refractivity contribution in [2.24, 2.45) is 4.99 Å². The Kier molecular flexibility index (Phi) is 12.3. The molecule has 0 aromatic heterocycles. The summed E-state index contributed by atoms with van der Waals surface area (Å²) in [5, 5.41) is 7.06. The standard InChI is InChI=1S/C17H28ClN3O3S.HI/c1-5-19-17(21-13(2)9-11-25(4,22)23)20-10-8-14-6-7-15(24-3)12-16(14)18;/h6-7,12-13H,5,8-11H2,1-4H3,(H2,19,20,21);1H. The van der Waals surface area contributed by atoms with E-state index in [4.69, 9.17) is 16.3 Å². The smallest absolute Gasteiger partial charge is 0.191 e. The van der Waals surface area contributed by atoms with E-state index in [1.54, 1.807) is 13.2 Å². The Balaban J connectivity index is 0.00000625. The average Bonchev–Trinajstić information content (AvgIpc) is 2.54. The Labute approximate surface area is 179 Å². The van der Waals surface area contributed by atoms with E-state index in [0.29, 0.717) is 30.4 Å². The summed E-state index contributed by atoms with van der Waals surface area (Å²) in [7, 11) is -1.35. The van der Waals surface area contributed by atoms with Crippen LogP contribution in [0.3, 0.4) is 0 Å². The molecule has 0 aliphatic carbocycles. The molecule has 0 fully saturated rings. The van der Waals surface area contributed by atoms with Crippen LogP contribution in [0, 0.1) is 0 Å². The van der Waals surface area contributed by atoms with Gasteiger partial charge in [-0.3, -0.25) is 4.99 Å². The molecule has 0 saturated heterocycles. The number of guanidine groups is 1. The minimum Gasteiger partial charge on any atom is -0.497 e. The van der Waals surface area contributed by atoms with Crippen molar-refractivity contribution in [1.82, 2.24) is 10.6 Å². The van der Waals surface area contributed by atoms with Gasteiger partial charge in [0.25, 0.3) is 0 Å². The minimum absolute atomic E-state index is 0. The maximum Gasteiger partial charge on any atom is 0.191 e. The molecule has 0 heterocycles. The number of sulfone groups is 1. The van der Waals surface area contributed by atoms with Crippen LogP contribution in [0.1, 0.15) is 25.8 Å². The number of hydrogen-bond acceptors (Lipinski definition) is 4. The van der Waals surface area contributed by atoms with E-state index in [2.05, 4.69) is 15.6 Å². The molecular weight excluding hydrogens is 489 g/mol. The summed E-state index contributed by atoms with van der Waals surface area (Å²) in [6, 6.07) is 5.61. The molecule has 1 unspecified atom stereocenters. The third-order valence-corrected chi connectivity index (χ3v) is 4.89. The zero-order valence-electron chi connectivity index (χ0n) is 15.7. The molecule has 0 saturated carbocycles. The van der Waals surface area contributed by atoms with Crippen LogP contribution < -0.4 is 15.4 Å².